The Labute approximate surface area is 178 Å². The second kappa shape index (κ2) is 10.1. The monoisotopic (exact) mass is 431 g/mol. The molecule has 2 aromatic heterocycles. The first-order chi connectivity index (χ1) is 14.8. The number of alkyl halides is 3. The van der Waals surface area contributed by atoms with E-state index >= 15 is 0 Å². The smallest absolute Gasteiger partial charge is 0.406 e. The molecule has 0 fully saturated rings. The fraction of sp³-hybridized carbons (Fsp3) is 0.318. The number of hydrogen-bond acceptors (Lipinski definition) is 6. The molecular weight excluding hydrogens is 407 g/mol. The summed E-state index contributed by atoms with van der Waals surface area (Å²) in [7, 11) is 0. The first kappa shape index (κ1) is 22.3. The summed E-state index contributed by atoms with van der Waals surface area (Å²) >= 11 is 0. The molecule has 0 radical (unpaired) electrons. The normalized spacial score (nSPS) is 12.3. The highest BCUT2D eigenvalue weighted by Crippen LogP contribution is 2.28. The summed E-state index contributed by atoms with van der Waals surface area (Å²) in [6.45, 7) is 4.63. The van der Waals surface area contributed by atoms with E-state index in [2.05, 4.69) is 30.3 Å². The molecule has 0 unspecified atom stereocenters. The van der Waals surface area contributed by atoms with Crippen molar-refractivity contribution in [2.24, 2.45) is 0 Å². The van der Waals surface area contributed by atoms with E-state index in [1.165, 1.54) is 18.2 Å². The Bertz CT molecular complexity index is 982. The molecule has 0 amide bonds. The second-order valence-corrected chi connectivity index (χ2v) is 6.99. The first-order valence-electron chi connectivity index (χ1n) is 9.98. The van der Waals surface area contributed by atoms with Crippen LogP contribution in [0.4, 0.5) is 24.9 Å². The van der Waals surface area contributed by atoms with Crippen molar-refractivity contribution in [1.29, 1.82) is 0 Å². The molecule has 2 heterocycles. The van der Waals surface area contributed by atoms with Crippen LogP contribution in [0.25, 0.3) is 11.3 Å². The molecule has 31 heavy (non-hydrogen) atoms. The van der Waals surface area contributed by atoms with Gasteiger partial charge in [-0.3, -0.25) is 4.98 Å². The van der Waals surface area contributed by atoms with Gasteiger partial charge in [-0.05, 0) is 37.6 Å². The number of hydrogen-bond donors (Lipinski definition) is 2. The van der Waals surface area contributed by atoms with Crippen LogP contribution < -0.4 is 15.4 Å². The molecule has 0 aliphatic carbocycles. The number of benzene rings is 1. The minimum atomic E-state index is -4.76. The van der Waals surface area contributed by atoms with Gasteiger partial charge in [0.25, 0.3) is 0 Å². The summed E-state index contributed by atoms with van der Waals surface area (Å²) in [5, 5.41) is 6.46. The van der Waals surface area contributed by atoms with Gasteiger partial charge in [0.15, 0.2) is 0 Å². The Morgan fingerprint density at radius 2 is 1.90 bits per heavy atom. The van der Waals surface area contributed by atoms with E-state index in [-0.39, 0.29) is 11.8 Å². The summed E-state index contributed by atoms with van der Waals surface area (Å²) < 4.78 is 41.8. The van der Waals surface area contributed by atoms with Crippen LogP contribution in [0.3, 0.4) is 0 Å². The van der Waals surface area contributed by atoms with Gasteiger partial charge in [0.2, 0.25) is 5.95 Å². The minimum absolute atomic E-state index is 0.136. The number of nitrogens with zero attached hydrogens (tertiary/aromatic N) is 3. The number of pyridine rings is 1. The van der Waals surface area contributed by atoms with Crippen molar-refractivity contribution in [3.8, 4) is 17.0 Å². The van der Waals surface area contributed by atoms with E-state index in [1.54, 1.807) is 18.3 Å². The molecule has 3 rings (SSSR count). The molecule has 0 aliphatic heterocycles. The van der Waals surface area contributed by atoms with Gasteiger partial charge in [-0.1, -0.05) is 25.1 Å². The lowest BCUT2D eigenvalue weighted by Crippen LogP contribution is -2.17. The molecule has 0 aliphatic rings. The third kappa shape index (κ3) is 7.13. The van der Waals surface area contributed by atoms with Crippen LogP contribution in [0.1, 0.15) is 26.0 Å². The van der Waals surface area contributed by atoms with Crippen LogP contribution in [0.5, 0.6) is 5.75 Å². The van der Waals surface area contributed by atoms with Gasteiger partial charge in [-0.2, -0.15) is 4.98 Å². The SMILES string of the molecule is CC[C@@H](C)Nc1nc(NCCc2ccccn2)cc(-c2cccc(OC(F)(F)F)c2)n1. The van der Waals surface area contributed by atoms with Crippen molar-refractivity contribution in [3.63, 3.8) is 0 Å². The summed E-state index contributed by atoms with van der Waals surface area (Å²) in [6, 6.07) is 13.3. The zero-order chi connectivity index (χ0) is 22.3. The van der Waals surface area contributed by atoms with Gasteiger partial charge in [0.05, 0.1) is 5.69 Å². The number of aromatic nitrogens is 3. The largest absolute Gasteiger partial charge is 0.573 e. The minimum Gasteiger partial charge on any atom is -0.406 e. The van der Waals surface area contributed by atoms with Crippen molar-refractivity contribution in [1.82, 2.24) is 15.0 Å². The zero-order valence-corrected chi connectivity index (χ0v) is 17.3. The predicted molar refractivity (Wildman–Crippen MR) is 114 cm³/mol. The van der Waals surface area contributed by atoms with Crippen LogP contribution in [0, 0.1) is 0 Å². The second-order valence-electron chi connectivity index (χ2n) is 6.99. The Morgan fingerprint density at radius 1 is 1.06 bits per heavy atom. The maximum Gasteiger partial charge on any atom is 0.573 e. The number of nitrogens with one attached hydrogen (secondary N) is 2. The van der Waals surface area contributed by atoms with Crippen LogP contribution in [-0.4, -0.2) is 33.9 Å². The zero-order valence-electron chi connectivity index (χ0n) is 17.3. The molecule has 1 aromatic carbocycles. The molecule has 0 saturated heterocycles. The molecule has 9 heteroatoms. The van der Waals surface area contributed by atoms with Crippen LogP contribution in [0.15, 0.2) is 54.7 Å². The average molecular weight is 431 g/mol. The number of anilines is 2. The molecule has 164 valence electrons. The first-order valence-corrected chi connectivity index (χ1v) is 9.98. The molecule has 0 saturated carbocycles. The van der Waals surface area contributed by atoms with Gasteiger partial charge >= 0.3 is 6.36 Å². The molecule has 0 spiro atoms. The highest BCUT2D eigenvalue weighted by molar-refractivity contribution is 5.66. The highest BCUT2D eigenvalue weighted by atomic mass is 19.4. The van der Waals surface area contributed by atoms with Gasteiger partial charge < -0.3 is 15.4 Å². The Hall–Kier alpha value is -3.36. The maximum atomic E-state index is 12.6. The van der Waals surface area contributed by atoms with E-state index in [4.69, 9.17) is 0 Å². The van der Waals surface area contributed by atoms with E-state index < -0.39 is 6.36 Å². The van der Waals surface area contributed by atoms with Crippen LogP contribution in [-0.2, 0) is 6.42 Å². The lowest BCUT2D eigenvalue weighted by atomic mass is 10.1. The lowest BCUT2D eigenvalue weighted by Gasteiger charge is -2.15. The Balaban J connectivity index is 1.84. The van der Waals surface area contributed by atoms with Crippen molar-refractivity contribution in [2.45, 2.75) is 39.1 Å². The molecule has 2 N–H and O–H groups in total. The van der Waals surface area contributed by atoms with Crippen molar-refractivity contribution >= 4 is 11.8 Å². The lowest BCUT2D eigenvalue weighted by molar-refractivity contribution is -0.274. The number of halogens is 3. The molecule has 0 bridgehead atoms. The summed E-state index contributed by atoms with van der Waals surface area (Å²) in [5.41, 5.74) is 1.91. The Morgan fingerprint density at radius 3 is 2.61 bits per heavy atom. The average Bonchev–Trinajstić information content (AvgIpc) is 2.73. The van der Waals surface area contributed by atoms with Gasteiger partial charge in [-0.15, -0.1) is 13.2 Å². The van der Waals surface area contributed by atoms with Crippen molar-refractivity contribution in [2.75, 3.05) is 17.2 Å². The third-order valence-corrected chi connectivity index (χ3v) is 4.49. The van der Waals surface area contributed by atoms with E-state index in [9.17, 15) is 13.2 Å². The topological polar surface area (TPSA) is 72.0 Å². The highest BCUT2D eigenvalue weighted by Gasteiger charge is 2.31. The fourth-order valence-electron chi connectivity index (χ4n) is 2.79. The quantitative estimate of drug-likeness (QED) is 0.479. The summed E-state index contributed by atoms with van der Waals surface area (Å²) in [5.74, 6) is 0.660. The third-order valence-electron chi connectivity index (χ3n) is 4.49. The van der Waals surface area contributed by atoms with E-state index in [0.29, 0.717) is 36.0 Å². The van der Waals surface area contributed by atoms with Gasteiger partial charge in [0, 0.05) is 42.5 Å². The van der Waals surface area contributed by atoms with Gasteiger partial charge in [-0.25, -0.2) is 4.98 Å². The number of rotatable bonds is 9. The van der Waals surface area contributed by atoms with E-state index in [1.807, 2.05) is 32.0 Å². The summed E-state index contributed by atoms with van der Waals surface area (Å²) in [6.07, 6.45) is -1.46. The molecule has 1 atom stereocenters. The van der Waals surface area contributed by atoms with Crippen molar-refractivity contribution < 1.29 is 17.9 Å². The van der Waals surface area contributed by atoms with Gasteiger partial charge in [0.1, 0.15) is 11.6 Å². The predicted octanol–water partition coefficient (Wildman–Crippen LogP) is 5.30. The van der Waals surface area contributed by atoms with E-state index in [0.717, 1.165) is 12.1 Å². The maximum absolute atomic E-state index is 12.6. The van der Waals surface area contributed by atoms with Crippen LogP contribution >= 0.6 is 0 Å². The van der Waals surface area contributed by atoms with Crippen molar-refractivity contribution in [3.05, 3.63) is 60.4 Å². The summed E-state index contributed by atoms with van der Waals surface area (Å²) in [4.78, 5) is 13.3. The molecular formula is C22H24F3N5O. The number of ether oxygens (including phenoxy) is 1. The molecule has 6 nitrogen and oxygen atoms in total. The molecule has 3 aromatic rings. The standard InChI is InChI=1S/C22H24F3N5O/c1-3-15(2)28-21-29-19(16-7-6-9-18(13-16)31-22(23,24)25)14-20(30-21)27-12-10-17-8-4-5-11-26-17/h4-9,11,13-15H,3,10,12H2,1-2H3,(H2,27,28,29,30)/t15-/m1/s1. The van der Waals surface area contributed by atoms with Crippen LogP contribution in [0.2, 0.25) is 0 Å². The Kier molecular flexibility index (Phi) is 7.28. The fourth-order valence-corrected chi connectivity index (χ4v) is 2.79.